The zero-order valence-corrected chi connectivity index (χ0v) is 10.7. The molecule has 0 aliphatic rings. The minimum Gasteiger partial charge on any atom is -0.491 e. The van der Waals surface area contributed by atoms with Crippen molar-refractivity contribution >= 4 is 12.0 Å². The molecular formula is C13H20N2O2. The standard InChI is InChI=1S/C13H20N2O2/c1-4-14-8-9-17-13-7-5-6-12(15(2)3)11(13)10-16/h5-7,10,14H,4,8-9H2,1-3H3. The van der Waals surface area contributed by atoms with Crippen molar-refractivity contribution < 1.29 is 9.53 Å². The molecule has 1 aromatic carbocycles. The first kappa shape index (κ1) is 13.5. The Morgan fingerprint density at radius 2 is 2.18 bits per heavy atom. The number of anilines is 1. The van der Waals surface area contributed by atoms with Gasteiger partial charge in [-0.15, -0.1) is 0 Å². The first-order chi connectivity index (χ1) is 8.20. The number of hydrogen-bond donors (Lipinski definition) is 1. The maximum Gasteiger partial charge on any atom is 0.155 e. The fourth-order valence-electron chi connectivity index (χ4n) is 1.58. The number of carbonyl (C=O) groups is 1. The van der Waals surface area contributed by atoms with Gasteiger partial charge in [-0.05, 0) is 18.7 Å². The molecule has 0 unspecified atom stereocenters. The van der Waals surface area contributed by atoms with Crippen molar-refractivity contribution in [3.8, 4) is 5.75 Å². The highest BCUT2D eigenvalue weighted by molar-refractivity contribution is 5.88. The fourth-order valence-corrected chi connectivity index (χ4v) is 1.58. The van der Waals surface area contributed by atoms with E-state index in [0.29, 0.717) is 17.9 Å². The maximum atomic E-state index is 11.1. The lowest BCUT2D eigenvalue weighted by atomic mass is 10.1. The monoisotopic (exact) mass is 236 g/mol. The van der Waals surface area contributed by atoms with Crippen molar-refractivity contribution in [1.29, 1.82) is 0 Å². The summed E-state index contributed by atoms with van der Waals surface area (Å²) in [4.78, 5) is 13.0. The molecule has 0 spiro atoms. The zero-order chi connectivity index (χ0) is 12.7. The van der Waals surface area contributed by atoms with Crippen LogP contribution in [0.3, 0.4) is 0 Å². The molecular weight excluding hydrogens is 216 g/mol. The topological polar surface area (TPSA) is 41.6 Å². The zero-order valence-electron chi connectivity index (χ0n) is 10.7. The van der Waals surface area contributed by atoms with Gasteiger partial charge in [0.25, 0.3) is 0 Å². The number of ether oxygens (including phenoxy) is 1. The summed E-state index contributed by atoms with van der Waals surface area (Å²) in [5.41, 5.74) is 1.48. The molecule has 0 aromatic heterocycles. The second-order valence-corrected chi connectivity index (χ2v) is 3.90. The molecule has 0 heterocycles. The van der Waals surface area contributed by atoms with Crippen molar-refractivity contribution in [1.82, 2.24) is 5.32 Å². The van der Waals surface area contributed by atoms with Crippen molar-refractivity contribution in [3.63, 3.8) is 0 Å². The van der Waals surface area contributed by atoms with E-state index in [1.165, 1.54) is 0 Å². The van der Waals surface area contributed by atoms with Gasteiger partial charge in [-0.3, -0.25) is 4.79 Å². The number of nitrogens with zero attached hydrogens (tertiary/aromatic N) is 1. The number of aldehydes is 1. The Bertz CT molecular complexity index is 364. The van der Waals surface area contributed by atoms with Crippen LogP contribution in [0, 0.1) is 0 Å². The van der Waals surface area contributed by atoms with E-state index in [4.69, 9.17) is 4.74 Å². The predicted octanol–water partition coefficient (Wildman–Crippen LogP) is 1.55. The molecule has 1 rings (SSSR count). The number of nitrogens with one attached hydrogen (secondary N) is 1. The number of carbonyl (C=O) groups excluding carboxylic acids is 1. The van der Waals surface area contributed by atoms with E-state index in [9.17, 15) is 4.79 Å². The van der Waals surface area contributed by atoms with Gasteiger partial charge >= 0.3 is 0 Å². The number of likely N-dealkylation sites (N-methyl/N-ethyl adjacent to an activating group) is 1. The first-order valence-electron chi connectivity index (χ1n) is 5.79. The Morgan fingerprint density at radius 1 is 1.41 bits per heavy atom. The summed E-state index contributed by atoms with van der Waals surface area (Å²) in [5, 5.41) is 3.17. The SMILES string of the molecule is CCNCCOc1cccc(N(C)C)c1C=O. The number of hydrogen-bond acceptors (Lipinski definition) is 4. The van der Waals surface area contributed by atoms with Gasteiger partial charge in [-0.25, -0.2) is 0 Å². The summed E-state index contributed by atoms with van der Waals surface area (Å²) in [6, 6.07) is 5.62. The van der Waals surface area contributed by atoms with Crippen LogP contribution >= 0.6 is 0 Å². The summed E-state index contributed by atoms with van der Waals surface area (Å²) >= 11 is 0. The van der Waals surface area contributed by atoms with Crippen LogP contribution in [0.15, 0.2) is 18.2 Å². The molecule has 0 amide bonds. The highest BCUT2D eigenvalue weighted by Crippen LogP contribution is 2.26. The van der Waals surface area contributed by atoms with E-state index in [2.05, 4.69) is 5.32 Å². The smallest absolute Gasteiger partial charge is 0.155 e. The third kappa shape index (κ3) is 3.75. The number of rotatable bonds is 7. The van der Waals surface area contributed by atoms with Gasteiger partial charge in [0.2, 0.25) is 0 Å². The summed E-state index contributed by atoms with van der Waals surface area (Å²) < 4.78 is 5.60. The van der Waals surface area contributed by atoms with Crippen LogP contribution in [0.4, 0.5) is 5.69 Å². The summed E-state index contributed by atoms with van der Waals surface area (Å²) in [5.74, 6) is 0.643. The van der Waals surface area contributed by atoms with E-state index in [0.717, 1.165) is 25.1 Å². The largest absolute Gasteiger partial charge is 0.491 e. The van der Waals surface area contributed by atoms with Gasteiger partial charge in [0, 0.05) is 20.6 Å². The van der Waals surface area contributed by atoms with Gasteiger partial charge < -0.3 is 15.0 Å². The van der Waals surface area contributed by atoms with Crippen LogP contribution in [0.5, 0.6) is 5.75 Å². The average Bonchev–Trinajstić information content (AvgIpc) is 2.34. The lowest BCUT2D eigenvalue weighted by Crippen LogP contribution is -2.21. The van der Waals surface area contributed by atoms with Gasteiger partial charge in [0.05, 0.1) is 11.3 Å². The van der Waals surface area contributed by atoms with Crippen LogP contribution in [0.25, 0.3) is 0 Å². The molecule has 0 atom stereocenters. The molecule has 4 nitrogen and oxygen atoms in total. The Hall–Kier alpha value is -1.55. The minimum absolute atomic E-state index is 0.561. The summed E-state index contributed by atoms with van der Waals surface area (Å²) in [7, 11) is 3.81. The quantitative estimate of drug-likeness (QED) is 0.576. The molecule has 0 fully saturated rings. The molecule has 1 aromatic rings. The minimum atomic E-state index is 0.561. The lowest BCUT2D eigenvalue weighted by Gasteiger charge is -2.17. The van der Waals surface area contributed by atoms with E-state index >= 15 is 0 Å². The van der Waals surface area contributed by atoms with Crippen LogP contribution in [0.1, 0.15) is 17.3 Å². The van der Waals surface area contributed by atoms with Gasteiger partial charge in [0.1, 0.15) is 12.4 Å². The molecule has 0 aliphatic heterocycles. The Kier molecular flexibility index (Phi) is 5.49. The molecule has 0 radical (unpaired) electrons. The third-order valence-electron chi connectivity index (χ3n) is 2.43. The third-order valence-corrected chi connectivity index (χ3v) is 2.43. The van der Waals surface area contributed by atoms with Crippen molar-refractivity contribution in [2.24, 2.45) is 0 Å². The van der Waals surface area contributed by atoms with E-state index in [-0.39, 0.29) is 0 Å². The van der Waals surface area contributed by atoms with Crippen molar-refractivity contribution in [3.05, 3.63) is 23.8 Å². The Labute approximate surface area is 103 Å². The molecule has 1 N–H and O–H groups in total. The van der Waals surface area contributed by atoms with E-state index in [1.54, 1.807) is 0 Å². The lowest BCUT2D eigenvalue weighted by molar-refractivity contribution is 0.112. The van der Waals surface area contributed by atoms with Crippen LogP contribution in [-0.4, -0.2) is 40.1 Å². The van der Waals surface area contributed by atoms with Gasteiger partial charge in [0.15, 0.2) is 6.29 Å². The first-order valence-corrected chi connectivity index (χ1v) is 5.79. The molecule has 0 saturated heterocycles. The van der Waals surface area contributed by atoms with E-state index < -0.39 is 0 Å². The highest BCUT2D eigenvalue weighted by atomic mass is 16.5. The van der Waals surface area contributed by atoms with Crippen LogP contribution < -0.4 is 15.0 Å². The highest BCUT2D eigenvalue weighted by Gasteiger charge is 2.09. The molecule has 94 valence electrons. The molecule has 0 bridgehead atoms. The normalized spacial score (nSPS) is 10.1. The number of benzene rings is 1. The summed E-state index contributed by atoms with van der Waals surface area (Å²) in [6.45, 7) is 4.30. The van der Waals surface area contributed by atoms with Crippen LogP contribution in [-0.2, 0) is 0 Å². The van der Waals surface area contributed by atoms with Crippen molar-refractivity contribution in [2.75, 3.05) is 38.7 Å². The summed E-state index contributed by atoms with van der Waals surface area (Å²) in [6.07, 6.45) is 0.845. The molecule has 17 heavy (non-hydrogen) atoms. The molecule has 0 saturated carbocycles. The molecule has 4 heteroatoms. The van der Waals surface area contributed by atoms with E-state index in [1.807, 2.05) is 44.1 Å². The maximum absolute atomic E-state index is 11.1. The molecule has 0 aliphatic carbocycles. The Morgan fingerprint density at radius 3 is 2.76 bits per heavy atom. The predicted molar refractivity (Wildman–Crippen MR) is 70.2 cm³/mol. The van der Waals surface area contributed by atoms with Crippen LogP contribution in [0.2, 0.25) is 0 Å². The fraction of sp³-hybridized carbons (Fsp3) is 0.462. The van der Waals surface area contributed by atoms with Crippen molar-refractivity contribution in [2.45, 2.75) is 6.92 Å². The average molecular weight is 236 g/mol. The Balaban J connectivity index is 2.77. The second-order valence-electron chi connectivity index (χ2n) is 3.90. The van der Waals surface area contributed by atoms with Gasteiger partial charge in [-0.1, -0.05) is 13.0 Å². The van der Waals surface area contributed by atoms with Gasteiger partial charge in [-0.2, -0.15) is 0 Å². The second kappa shape index (κ2) is 6.91.